The van der Waals surface area contributed by atoms with Crippen LogP contribution in [-0.4, -0.2) is 30.2 Å². The van der Waals surface area contributed by atoms with Gasteiger partial charge in [-0.15, -0.1) is 0 Å². The van der Waals surface area contributed by atoms with Gasteiger partial charge in [0, 0.05) is 32.1 Å². The number of rotatable bonds is 7. The minimum absolute atomic E-state index is 0.0332. The Balaban J connectivity index is 1.37. The van der Waals surface area contributed by atoms with Crippen LogP contribution in [0.15, 0.2) is 84.0 Å². The van der Waals surface area contributed by atoms with Crippen molar-refractivity contribution >= 4 is 63.8 Å². The summed E-state index contributed by atoms with van der Waals surface area (Å²) in [5.41, 5.74) is 3.33. The number of fused-ring (bicyclic) bond motifs is 1. The zero-order valence-corrected chi connectivity index (χ0v) is 24.7. The Hall–Kier alpha value is -4.51. The summed E-state index contributed by atoms with van der Waals surface area (Å²) < 4.78 is 49.7. The molecule has 0 bridgehead atoms. The van der Waals surface area contributed by atoms with Crippen molar-refractivity contribution in [2.75, 3.05) is 7.11 Å². The highest BCUT2D eigenvalue weighted by molar-refractivity contribution is 6.41. The molecule has 44 heavy (non-hydrogen) atoms. The molecule has 13 heteroatoms. The number of H-pyrrole nitrogens is 1. The highest BCUT2D eigenvalue weighted by Gasteiger charge is 2.31. The fourth-order valence-corrected chi connectivity index (χ4v) is 5.22. The van der Waals surface area contributed by atoms with Crippen LogP contribution in [0.25, 0.3) is 22.0 Å². The molecule has 0 saturated carbocycles. The number of alkyl halides is 3. The van der Waals surface area contributed by atoms with Gasteiger partial charge in [-0.3, -0.25) is 4.79 Å². The van der Waals surface area contributed by atoms with Gasteiger partial charge in [0.15, 0.2) is 11.5 Å². The Kier molecular flexibility index (Phi) is 8.87. The van der Waals surface area contributed by atoms with E-state index in [4.69, 9.17) is 44.3 Å². The summed E-state index contributed by atoms with van der Waals surface area (Å²) in [6.07, 6.45) is -3.30. The maximum atomic E-state index is 13.3. The second-order valence-corrected chi connectivity index (χ2v) is 10.5. The Morgan fingerprint density at radius 1 is 0.909 bits per heavy atom. The summed E-state index contributed by atoms with van der Waals surface area (Å²) in [5, 5.41) is 5.67. The summed E-state index contributed by atoms with van der Waals surface area (Å²) in [7, 11) is 1.32. The van der Waals surface area contributed by atoms with Crippen molar-refractivity contribution in [1.29, 1.82) is 0 Å². The van der Waals surface area contributed by atoms with Gasteiger partial charge < -0.3 is 14.5 Å². The number of aromatic amines is 1. The van der Waals surface area contributed by atoms with Crippen LogP contribution in [0.4, 0.5) is 13.2 Å². The molecule has 0 atom stereocenters. The van der Waals surface area contributed by atoms with E-state index in [-0.39, 0.29) is 22.8 Å². The summed E-state index contributed by atoms with van der Waals surface area (Å²) in [4.78, 5) is 28.9. The third-order valence-electron chi connectivity index (χ3n) is 6.38. The lowest BCUT2D eigenvalue weighted by Crippen LogP contribution is -2.19. The first kappa shape index (κ1) is 30.9. The van der Waals surface area contributed by atoms with Crippen LogP contribution in [0.5, 0.6) is 11.5 Å². The van der Waals surface area contributed by atoms with Crippen molar-refractivity contribution in [2.24, 2.45) is 5.10 Å². The SMILES string of the molecule is COc1cc(C=NNC(=O)c2[nH]c3cc(Cl)cc(Cl)c3c2-c2ccccc2Cl)ccc1OC(=O)c1cccc(C(F)(F)F)c1. The number of esters is 1. The van der Waals surface area contributed by atoms with E-state index in [0.717, 1.165) is 12.1 Å². The number of amides is 1. The molecule has 7 nitrogen and oxygen atoms in total. The minimum atomic E-state index is -4.62. The van der Waals surface area contributed by atoms with Crippen molar-refractivity contribution < 1.29 is 32.2 Å². The van der Waals surface area contributed by atoms with Gasteiger partial charge in [0.2, 0.25) is 0 Å². The zero-order chi connectivity index (χ0) is 31.6. The molecule has 4 aromatic carbocycles. The average Bonchev–Trinajstić information content (AvgIpc) is 3.37. The van der Waals surface area contributed by atoms with Crippen LogP contribution in [-0.2, 0) is 6.18 Å². The Morgan fingerprint density at radius 3 is 2.41 bits per heavy atom. The molecule has 0 radical (unpaired) electrons. The molecular formula is C31H19Cl3F3N3O4. The number of nitrogens with zero attached hydrogens (tertiary/aromatic N) is 1. The standard InChI is InChI=1S/C31H19Cl3F3N3O4/c1-43-25-11-16(9-10-24(25)44-30(42)17-5-4-6-18(12-17)31(35,36)37)15-38-40-29(41)28-26(20-7-2-3-8-21(20)33)27-22(34)13-19(32)14-23(27)39-28/h2-15,39H,1H3,(H,40,41). The molecular weight excluding hydrogens is 642 g/mol. The van der Waals surface area contributed by atoms with E-state index in [2.05, 4.69) is 15.5 Å². The molecule has 0 unspecified atom stereocenters. The maximum Gasteiger partial charge on any atom is 0.416 e. The number of halogens is 6. The van der Waals surface area contributed by atoms with Gasteiger partial charge in [-0.05, 0) is 60.2 Å². The van der Waals surface area contributed by atoms with Gasteiger partial charge in [-0.25, -0.2) is 10.2 Å². The van der Waals surface area contributed by atoms with Gasteiger partial charge in [0.1, 0.15) is 5.69 Å². The predicted octanol–water partition coefficient (Wildman–Crippen LogP) is 8.81. The van der Waals surface area contributed by atoms with Crippen LogP contribution >= 0.6 is 34.8 Å². The second kappa shape index (κ2) is 12.6. The van der Waals surface area contributed by atoms with Gasteiger partial charge in [0.25, 0.3) is 5.91 Å². The number of carbonyl (C=O) groups excluding carboxylic acids is 2. The van der Waals surface area contributed by atoms with E-state index in [1.165, 1.54) is 37.6 Å². The van der Waals surface area contributed by atoms with E-state index >= 15 is 0 Å². The van der Waals surface area contributed by atoms with Crippen LogP contribution < -0.4 is 14.9 Å². The minimum Gasteiger partial charge on any atom is -0.493 e. The number of ether oxygens (including phenoxy) is 2. The highest BCUT2D eigenvalue weighted by Crippen LogP contribution is 2.41. The normalized spacial score (nSPS) is 11.6. The van der Waals surface area contributed by atoms with Crippen LogP contribution in [0, 0.1) is 0 Å². The van der Waals surface area contributed by atoms with Crippen LogP contribution in [0.2, 0.25) is 15.1 Å². The van der Waals surface area contributed by atoms with Crippen molar-refractivity contribution in [3.8, 4) is 22.6 Å². The third-order valence-corrected chi connectivity index (χ3v) is 7.23. The lowest BCUT2D eigenvalue weighted by molar-refractivity contribution is -0.137. The Morgan fingerprint density at radius 2 is 1.68 bits per heavy atom. The van der Waals surface area contributed by atoms with Gasteiger partial charge in [-0.2, -0.15) is 18.3 Å². The number of hydrogen-bond donors (Lipinski definition) is 2. The van der Waals surface area contributed by atoms with Gasteiger partial charge in [0.05, 0.1) is 29.5 Å². The molecule has 0 fully saturated rings. The number of nitrogens with one attached hydrogen (secondary N) is 2. The number of hydrogen-bond acceptors (Lipinski definition) is 5. The molecule has 5 rings (SSSR count). The lowest BCUT2D eigenvalue weighted by Gasteiger charge is -2.11. The smallest absolute Gasteiger partial charge is 0.416 e. The molecule has 0 aliphatic rings. The van der Waals surface area contributed by atoms with Crippen LogP contribution in [0.3, 0.4) is 0 Å². The van der Waals surface area contributed by atoms with E-state index < -0.39 is 23.6 Å². The fourth-order valence-electron chi connectivity index (χ4n) is 4.40. The van der Waals surface area contributed by atoms with Crippen molar-refractivity contribution in [2.45, 2.75) is 6.18 Å². The molecule has 0 saturated heterocycles. The molecule has 224 valence electrons. The highest BCUT2D eigenvalue weighted by atomic mass is 35.5. The molecule has 0 aliphatic carbocycles. The zero-order valence-electron chi connectivity index (χ0n) is 22.4. The molecule has 0 aliphatic heterocycles. The monoisotopic (exact) mass is 659 g/mol. The van der Waals surface area contributed by atoms with Crippen LogP contribution in [0.1, 0.15) is 32.0 Å². The predicted molar refractivity (Wildman–Crippen MR) is 163 cm³/mol. The van der Waals surface area contributed by atoms with Crippen molar-refractivity contribution in [1.82, 2.24) is 10.4 Å². The van der Waals surface area contributed by atoms with E-state index in [1.807, 2.05) is 0 Å². The molecule has 1 aromatic heterocycles. The third kappa shape index (κ3) is 6.52. The largest absolute Gasteiger partial charge is 0.493 e. The number of hydrazone groups is 1. The summed E-state index contributed by atoms with van der Waals surface area (Å²) in [6.45, 7) is 0. The number of carbonyl (C=O) groups is 2. The first-order chi connectivity index (χ1) is 21.0. The van der Waals surface area contributed by atoms with Gasteiger partial charge >= 0.3 is 12.1 Å². The molecule has 1 heterocycles. The maximum absolute atomic E-state index is 13.3. The molecule has 1 amide bonds. The van der Waals surface area contributed by atoms with E-state index in [1.54, 1.807) is 36.4 Å². The number of aromatic nitrogens is 1. The van der Waals surface area contributed by atoms with E-state index in [0.29, 0.717) is 48.7 Å². The number of benzene rings is 4. The summed E-state index contributed by atoms with van der Waals surface area (Å²) in [5.74, 6) is -1.53. The van der Waals surface area contributed by atoms with E-state index in [9.17, 15) is 22.8 Å². The summed E-state index contributed by atoms with van der Waals surface area (Å²) in [6, 6.07) is 18.4. The first-order valence-corrected chi connectivity index (χ1v) is 13.8. The lowest BCUT2D eigenvalue weighted by atomic mass is 10.0. The number of methoxy groups -OCH3 is 1. The summed E-state index contributed by atoms with van der Waals surface area (Å²) >= 11 is 19.1. The molecule has 0 spiro atoms. The van der Waals surface area contributed by atoms with Crippen molar-refractivity contribution in [3.05, 3.63) is 116 Å². The first-order valence-electron chi connectivity index (χ1n) is 12.6. The average molecular weight is 661 g/mol. The molecule has 5 aromatic rings. The fraction of sp³-hybridized carbons (Fsp3) is 0.0645. The topological polar surface area (TPSA) is 92.8 Å². The Labute approximate surface area is 263 Å². The Bertz CT molecular complexity index is 1940. The van der Waals surface area contributed by atoms with Gasteiger partial charge in [-0.1, -0.05) is 59.1 Å². The second-order valence-electron chi connectivity index (χ2n) is 9.24. The quantitative estimate of drug-likeness (QED) is 0.0790. The van der Waals surface area contributed by atoms with Crippen molar-refractivity contribution in [3.63, 3.8) is 0 Å². The molecule has 2 N–H and O–H groups in total.